The first-order valence-corrected chi connectivity index (χ1v) is 7.04. The minimum atomic E-state index is -0.886. The second-order valence-corrected chi connectivity index (χ2v) is 5.92. The predicted molar refractivity (Wildman–Crippen MR) is 79.2 cm³/mol. The van der Waals surface area contributed by atoms with Crippen molar-refractivity contribution in [3.8, 4) is 0 Å². The summed E-state index contributed by atoms with van der Waals surface area (Å²) in [5.74, 6) is -0.609. The molecule has 0 saturated carbocycles. The summed E-state index contributed by atoms with van der Waals surface area (Å²) in [5, 5.41) is 13.3. The van der Waals surface area contributed by atoms with E-state index in [0.29, 0.717) is 27.1 Å². The maximum atomic E-state index is 11.1. The second-order valence-electron chi connectivity index (χ2n) is 4.72. The molecule has 0 spiro atoms. The SMILES string of the molecule is CC(C)CC(NCc1c(Cl)ccc(Cl)c1Cl)C(=O)O. The number of carboxylic acids is 1. The number of carboxylic acid groups (broad SMARTS) is 1. The van der Waals surface area contributed by atoms with Crippen molar-refractivity contribution < 1.29 is 9.90 Å². The van der Waals surface area contributed by atoms with Crippen LogP contribution in [0, 0.1) is 5.92 Å². The Balaban J connectivity index is 2.80. The molecule has 0 aromatic heterocycles. The van der Waals surface area contributed by atoms with Crippen LogP contribution in [0.4, 0.5) is 0 Å². The molecule has 106 valence electrons. The Morgan fingerprint density at radius 2 is 1.84 bits per heavy atom. The van der Waals surface area contributed by atoms with Crippen molar-refractivity contribution in [2.24, 2.45) is 5.92 Å². The maximum Gasteiger partial charge on any atom is 0.320 e. The Bertz CT molecular complexity index is 463. The molecule has 3 nitrogen and oxygen atoms in total. The molecule has 0 radical (unpaired) electrons. The van der Waals surface area contributed by atoms with Gasteiger partial charge in [-0.05, 0) is 24.5 Å². The van der Waals surface area contributed by atoms with E-state index in [1.54, 1.807) is 12.1 Å². The summed E-state index contributed by atoms with van der Waals surface area (Å²) in [4.78, 5) is 11.1. The molecular weight excluding hydrogens is 309 g/mol. The largest absolute Gasteiger partial charge is 0.480 e. The molecule has 0 amide bonds. The number of halogens is 3. The van der Waals surface area contributed by atoms with Crippen LogP contribution in [0.2, 0.25) is 15.1 Å². The Kier molecular flexibility index (Phi) is 6.40. The van der Waals surface area contributed by atoms with Gasteiger partial charge >= 0.3 is 5.97 Å². The minimum absolute atomic E-state index is 0.266. The number of nitrogens with one attached hydrogen (secondary N) is 1. The topological polar surface area (TPSA) is 49.3 Å². The zero-order valence-electron chi connectivity index (χ0n) is 10.7. The van der Waals surface area contributed by atoms with Crippen molar-refractivity contribution in [2.75, 3.05) is 0 Å². The van der Waals surface area contributed by atoms with Crippen LogP contribution in [0.15, 0.2) is 12.1 Å². The molecule has 0 aliphatic rings. The lowest BCUT2D eigenvalue weighted by Gasteiger charge is -2.17. The molecule has 1 atom stereocenters. The van der Waals surface area contributed by atoms with E-state index in [-0.39, 0.29) is 12.5 Å². The molecule has 1 aromatic rings. The molecule has 0 fully saturated rings. The summed E-state index contributed by atoms with van der Waals surface area (Å²) in [6, 6.07) is 2.62. The summed E-state index contributed by atoms with van der Waals surface area (Å²) in [5.41, 5.74) is 0.617. The highest BCUT2D eigenvalue weighted by molar-refractivity contribution is 6.44. The van der Waals surface area contributed by atoms with Gasteiger partial charge in [-0.15, -0.1) is 0 Å². The standard InChI is InChI=1S/C13H16Cl3NO2/c1-7(2)5-11(13(18)19)17-6-8-9(14)3-4-10(15)12(8)16/h3-4,7,11,17H,5-6H2,1-2H3,(H,18,19). The van der Waals surface area contributed by atoms with E-state index in [4.69, 9.17) is 39.9 Å². The zero-order chi connectivity index (χ0) is 14.6. The van der Waals surface area contributed by atoms with Gasteiger partial charge in [-0.3, -0.25) is 4.79 Å². The van der Waals surface area contributed by atoms with E-state index in [1.165, 1.54) is 0 Å². The number of hydrogen-bond donors (Lipinski definition) is 2. The predicted octanol–water partition coefficient (Wildman–Crippen LogP) is 4.24. The van der Waals surface area contributed by atoms with Gasteiger partial charge in [0.25, 0.3) is 0 Å². The number of benzene rings is 1. The van der Waals surface area contributed by atoms with Crippen LogP contribution in [-0.2, 0) is 11.3 Å². The molecular formula is C13H16Cl3NO2. The first kappa shape index (κ1) is 16.6. The van der Waals surface area contributed by atoms with Crippen molar-refractivity contribution in [3.05, 3.63) is 32.8 Å². The normalized spacial score (nSPS) is 12.7. The quantitative estimate of drug-likeness (QED) is 0.770. The first-order valence-electron chi connectivity index (χ1n) is 5.91. The van der Waals surface area contributed by atoms with Crippen molar-refractivity contribution >= 4 is 40.8 Å². The van der Waals surface area contributed by atoms with Crippen LogP contribution in [0.1, 0.15) is 25.8 Å². The first-order chi connectivity index (χ1) is 8.82. The Labute approximate surface area is 127 Å². The lowest BCUT2D eigenvalue weighted by molar-refractivity contribution is -0.140. The fourth-order valence-electron chi connectivity index (χ4n) is 1.70. The lowest BCUT2D eigenvalue weighted by atomic mass is 10.0. The summed E-state index contributed by atoms with van der Waals surface area (Å²) >= 11 is 18.0. The smallest absolute Gasteiger partial charge is 0.320 e. The molecule has 1 rings (SSSR count). The Morgan fingerprint density at radius 3 is 2.37 bits per heavy atom. The van der Waals surface area contributed by atoms with E-state index in [2.05, 4.69) is 5.32 Å². The van der Waals surface area contributed by atoms with Crippen LogP contribution < -0.4 is 5.32 Å². The van der Waals surface area contributed by atoms with E-state index in [0.717, 1.165) is 0 Å². The third-order valence-corrected chi connectivity index (χ3v) is 3.87. The van der Waals surface area contributed by atoms with E-state index < -0.39 is 12.0 Å². The highest BCUT2D eigenvalue weighted by Gasteiger charge is 2.19. The molecule has 0 saturated heterocycles. The molecule has 0 aliphatic heterocycles. The summed E-state index contributed by atoms with van der Waals surface area (Å²) in [7, 11) is 0. The Morgan fingerprint density at radius 1 is 1.26 bits per heavy atom. The molecule has 1 unspecified atom stereocenters. The molecule has 2 N–H and O–H groups in total. The van der Waals surface area contributed by atoms with Gasteiger partial charge in [-0.2, -0.15) is 0 Å². The van der Waals surface area contributed by atoms with Crippen molar-refractivity contribution in [1.29, 1.82) is 0 Å². The van der Waals surface area contributed by atoms with Crippen molar-refractivity contribution in [1.82, 2.24) is 5.32 Å². The number of carbonyl (C=O) groups is 1. The number of rotatable bonds is 6. The van der Waals surface area contributed by atoms with Gasteiger partial charge < -0.3 is 10.4 Å². The fraction of sp³-hybridized carbons (Fsp3) is 0.462. The van der Waals surface area contributed by atoms with Crippen LogP contribution in [0.3, 0.4) is 0 Å². The third-order valence-electron chi connectivity index (χ3n) is 2.67. The van der Waals surface area contributed by atoms with Gasteiger partial charge in [0.15, 0.2) is 0 Å². The molecule has 0 bridgehead atoms. The molecule has 1 aromatic carbocycles. The van der Waals surface area contributed by atoms with Gasteiger partial charge in [0.05, 0.1) is 10.0 Å². The highest BCUT2D eigenvalue weighted by atomic mass is 35.5. The zero-order valence-corrected chi connectivity index (χ0v) is 13.0. The maximum absolute atomic E-state index is 11.1. The summed E-state index contributed by atoms with van der Waals surface area (Å²) in [6.45, 7) is 4.20. The minimum Gasteiger partial charge on any atom is -0.480 e. The number of aliphatic carboxylic acids is 1. The van der Waals surface area contributed by atoms with Gasteiger partial charge in [0.1, 0.15) is 6.04 Å². The highest BCUT2D eigenvalue weighted by Crippen LogP contribution is 2.31. The fourth-order valence-corrected chi connectivity index (χ4v) is 2.38. The molecule has 0 aliphatic carbocycles. The monoisotopic (exact) mass is 323 g/mol. The van der Waals surface area contributed by atoms with Crippen LogP contribution in [0.25, 0.3) is 0 Å². The van der Waals surface area contributed by atoms with Crippen LogP contribution >= 0.6 is 34.8 Å². The van der Waals surface area contributed by atoms with E-state index in [9.17, 15) is 4.79 Å². The van der Waals surface area contributed by atoms with Gasteiger partial charge in [-0.25, -0.2) is 0 Å². The number of hydrogen-bond acceptors (Lipinski definition) is 2. The molecule has 6 heteroatoms. The Hall–Kier alpha value is -0.480. The summed E-state index contributed by atoms with van der Waals surface area (Å²) in [6.07, 6.45) is 0.533. The van der Waals surface area contributed by atoms with Crippen molar-refractivity contribution in [3.63, 3.8) is 0 Å². The third kappa shape index (κ3) is 4.84. The molecule has 0 heterocycles. The van der Waals surface area contributed by atoms with Gasteiger partial charge in [0.2, 0.25) is 0 Å². The average Bonchev–Trinajstić information content (AvgIpc) is 2.32. The average molecular weight is 325 g/mol. The lowest BCUT2D eigenvalue weighted by Crippen LogP contribution is -2.37. The van der Waals surface area contributed by atoms with Gasteiger partial charge in [0, 0.05) is 17.1 Å². The van der Waals surface area contributed by atoms with Gasteiger partial charge in [-0.1, -0.05) is 48.7 Å². The van der Waals surface area contributed by atoms with Crippen LogP contribution in [0.5, 0.6) is 0 Å². The van der Waals surface area contributed by atoms with Crippen LogP contribution in [-0.4, -0.2) is 17.1 Å². The molecule has 19 heavy (non-hydrogen) atoms. The van der Waals surface area contributed by atoms with E-state index >= 15 is 0 Å². The van der Waals surface area contributed by atoms with Crippen molar-refractivity contribution in [2.45, 2.75) is 32.9 Å². The second kappa shape index (κ2) is 7.34. The summed E-state index contributed by atoms with van der Waals surface area (Å²) < 4.78 is 0. The van der Waals surface area contributed by atoms with E-state index in [1.807, 2.05) is 13.8 Å².